The number of hydrogen-bond donors (Lipinski definition) is 1. The van der Waals surface area contributed by atoms with Gasteiger partial charge in [-0.2, -0.15) is 0 Å². The molecule has 0 aliphatic rings. The number of benzene rings is 1. The van der Waals surface area contributed by atoms with Gasteiger partial charge in [0.25, 0.3) is 0 Å². The summed E-state index contributed by atoms with van der Waals surface area (Å²) < 4.78 is 7.53. The molecule has 0 amide bonds. The van der Waals surface area contributed by atoms with E-state index in [1.165, 1.54) is 0 Å². The maximum Gasteiger partial charge on any atom is 0.337 e. The van der Waals surface area contributed by atoms with Crippen molar-refractivity contribution in [1.29, 1.82) is 0 Å². The maximum atomic E-state index is 11.4. The number of imidazole rings is 1. The first-order chi connectivity index (χ1) is 10.1. The predicted molar refractivity (Wildman–Crippen MR) is 81.8 cm³/mol. The Kier molecular flexibility index (Phi) is 5.33. The molecule has 1 aromatic carbocycles. The van der Waals surface area contributed by atoms with Crippen LogP contribution in [0.25, 0.3) is 11.0 Å². The molecule has 0 bridgehead atoms. The highest BCUT2D eigenvalue weighted by atomic mass is 16.5. The summed E-state index contributed by atoms with van der Waals surface area (Å²) in [4.78, 5) is 15.8. The smallest absolute Gasteiger partial charge is 0.337 e. The molecule has 0 spiro atoms. The monoisotopic (exact) mass is 290 g/mol. The van der Waals surface area contributed by atoms with Crippen LogP contribution in [-0.2, 0) is 11.3 Å². The third-order valence-corrected chi connectivity index (χ3v) is 3.50. The molecular weight excluding hydrogens is 268 g/mol. The van der Waals surface area contributed by atoms with Gasteiger partial charge in [0.05, 0.1) is 16.6 Å². The molecule has 2 rings (SSSR count). The first-order valence-corrected chi connectivity index (χ1v) is 7.42. The number of aromatic nitrogens is 2. The highest BCUT2D eigenvalue weighted by Gasteiger charge is 2.15. The number of carboxylic acid groups (broad SMARTS) is 1. The molecule has 1 heterocycles. The number of rotatable bonds is 8. The van der Waals surface area contributed by atoms with E-state index >= 15 is 0 Å². The number of aryl methyl sites for hydroxylation is 2. The van der Waals surface area contributed by atoms with E-state index < -0.39 is 5.97 Å². The van der Waals surface area contributed by atoms with E-state index in [0.29, 0.717) is 17.7 Å². The second-order valence-electron chi connectivity index (χ2n) is 5.11. The topological polar surface area (TPSA) is 64.4 Å². The first-order valence-electron chi connectivity index (χ1n) is 7.42. The highest BCUT2D eigenvalue weighted by molar-refractivity contribution is 6.01. The summed E-state index contributed by atoms with van der Waals surface area (Å²) in [6.07, 6.45) is 3.06. The summed E-state index contributed by atoms with van der Waals surface area (Å²) >= 11 is 0. The second kappa shape index (κ2) is 7.22. The van der Waals surface area contributed by atoms with Gasteiger partial charge in [0, 0.05) is 19.8 Å². The third-order valence-electron chi connectivity index (χ3n) is 3.50. The van der Waals surface area contributed by atoms with E-state index in [1.807, 2.05) is 17.6 Å². The van der Waals surface area contributed by atoms with Crippen LogP contribution in [-0.4, -0.2) is 33.8 Å². The van der Waals surface area contributed by atoms with Crippen molar-refractivity contribution in [3.8, 4) is 0 Å². The zero-order chi connectivity index (χ0) is 15.2. The second-order valence-corrected chi connectivity index (χ2v) is 5.11. The number of para-hydroxylation sites is 1. The lowest BCUT2D eigenvalue weighted by Gasteiger charge is -2.09. The van der Waals surface area contributed by atoms with Crippen molar-refractivity contribution in [1.82, 2.24) is 9.55 Å². The molecule has 114 valence electrons. The van der Waals surface area contributed by atoms with E-state index in [2.05, 4.69) is 11.9 Å². The van der Waals surface area contributed by atoms with Crippen LogP contribution in [0.1, 0.15) is 42.4 Å². The summed E-state index contributed by atoms with van der Waals surface area (Å²) in [6.45, 7) is 6.25. The zero-order valence-electron chi connectivity index (χ0n) is 12.6. The fraction of sp³-hybridized carbons (Fsp3) is 0.500. The van der Waals surface area contributed by atoms with Crippen LogP contribution in [0.15, 0.2) is 18.2 Å². The molecule has 0 unspecified atom stereocenters. The Morgan fingerprint density at radius 2 is 2.10 bits per heavy atom. The number of nitrogens with zero attached hydrogens (tertiary/aromatic N) is 2. The van der Waals surface area contributed by atoms with Crippen molar-refractivity contribution in [3.63, 3.8) is 0 Å². The van der Waals surface area contributed by atoms with E-state index in [9.17, 15) is 9.90 Å². The van der Waals surface area contributed by atoms with E-state index in [-0.39, 0.29) is 0 Å². The molecule has 1 aromatic heterocycles. The lowest BCUT2D eigenvalue weighted by molar-refractivity contribution is 0.0698. The summed E-state index contributed by atoms with van der Waals surface area (Å²) in [7, 11) is 0. The van der Waals surface area contributed by atoms with Gasteiger partial charge in [-0.3, -0.25) is 0 Å². The number of unbranched alkanes of at least 4 members (excludes halogenated alkanes) is 1. The average Bonchev–Trinajstić information content (AvgIpc) is 2.78. The molecule has 0 radical (unpaired) electrons. The molecule has 2 aromatic rings. The highest BCUT2D eigenvalue weighted by Crippen LogP contribution is 2.21. The van der Waals surface area contributed by atoms with E-state index in [1.54, 1.807) is 12.1 Å². The molecule has 0 aliphatic carbocycles. The van der Waals surface area contributed by atoms with Crippen LogP contribution in [0.5, 0.6) is 0 Å². The average molecular weight is 290 g/mol. The number of ether oxygens (including phenoxy) is 1. The van der Waals surface area contributed by atoms with Crippen LogP contribution < -0.4 is 0 Å². The Morgan fingerprint density at radius 1 is 1.33 bits per heavy atom. The summed E-state index contributed by atoms with van der Waals surface area (Å²) in [5, 5.41) is 9.32. The Bertz CT molecular complexity index is 619. The normalized spacial score (nSPS) is 11.1. The Labute approximate surface area is 124 Å². The van der Waals surface area contributed by atoms with Gasteiger partial charge in [-0.1, -0.05) is 19.4 Å². The lowest BCUT2D eigenvalue weighted by Crippen LogP contribution is -2.08. The van der Waals surface area contributed by atoms with Crippen molar-refractivity contribution < 1.29 is 14.6 Å². The number of fused-ring (bicyclic) bond motifs is 1. The van der Waals surface area contributed by atoms with Gasteiger partial charge in [0.2, 0.25) is 0 Å². The lowest BCUT2D eigenvalue weighted by atomic mass is 10.2. The van der Waals surface area contributed by atoms with Crippen LogP contribution >= 0.6 is 0 Å². The van der Waals surface area contributed by atoms with Gasteiger partial charge in [-0.15, -0.1) is 0 Å². The Balaban J connectivity index is 2.12. The summed E-state index contributed by atoms with van der Waals surface area (Å²) in [5.41, 5.74) is 1.75. The number of carboxylic acids is 1. The van der Waals surface area contributed by atoms with Crippen LogP contribution in [0.3, 0.4) is 0 Å². The van der Waals surface area contributed by atoms with Crippen molar-refractivity contribution in [2.45, 2.75) is 39.7 Å². The van der Waals surface area contributed by atoms with E-state index in [0.717, 1.165) is 43.8 Å². The zero-order valence-corrected chi connectivity index (χ0v) is 12.6. The molecule has 0 atom stereocenters. The van der Waals surface area contributed by atoms with Gasteiger partial charge in [0.1, 0.15) is 5.82 Å². The summed E-state index contributed by atoms with van der Waals surface area (Å²) in [5.74, 6) is -0.0757. The quantitative estimate of drug-likeness (QED) is 0.758. The minimum Gasteiger partial charge on any atom is -0.478 e. The molecule has 0 saturated heterocycles. The largest absolute Gasteiger partial charge is 0.478 e. The molecular formula is C16H22N2O3. The van der Waals surface area contributed by atoms with Crippen molar-refractivity contribution in [2.24, 2.45) is 0 Å². The first kappa shape index (κ1) is 15.5. The number of hydrogen-bond acceptors (Lipinski definition) is 3. The molecule has 5 heteroatoms. The summed E-state index contributed by atoms with van der Waals surface area (Å²) in [6, 6.07) is 5.21. The minimum absolute atomic E-state index is 0.306. The van der Waals surface area contributed by atoms with Crippen LogP contribution in [0.2, 0.25) is 0 Å². The standard InChI is InChI=1S/C16H22N2O3/c1-3-4-10-21-11-6-9-18-12(2)17-14-8-5-7-13(15(14)18)16(19)20/h5,7-8H,3-4,6,9-11H2,1-2H3,(H,19,20). The van der Waals surface area contributed by atoms with Gasteiger partial charge in [-0.05, 0) is 31.9 Å². The Hall–Kier alpha value is -1.88. The van der Waals surface area contributed by atoms with Crippen LogP contribution in [0, 0.1) is 6.92 Å². The van der Waals surface area contributed by atoms with Crippen molar-refractivity contribution in [2.75, 3.05) is 13.2 Å². The van der Waals surface area contributed by atoms with Crippen LogP contribution in [0.4, 0.5) is 0 Å². The molecule has 0 saturated carbocycles. The molecule has 0 fully saturated rings. The van der Waals surface area contributed by atoms with Gasteiger partial charge >= 0.3 is 5.97 Å². The Morgan fingerprint density at radius 3 is 2.81 bits per heavy atom. The van der Waals surface area contributed by atoms with Gasteiger partial charge in [0.15, 0.2) is 0 Å². The molecule has 5 nitrogen and oxygen atoms in total. The third kappa shape index (κ3) is 3.61. The predicted octanol–water partition coefficient (Wildman–Crippen LogP) is 3.25. The molecule has 1 N–H and O–H groups in total. The fourth-order valence-electron chi connectivity index (χ4n) is 2.42. The fourth-order valence-corrected chi connectivity index (χ4v) is 2.42. The molecule has 21 heavy (non-hydrogen) atoms. The number of aromatic carboxylic acids is 1. The minimum atomic E-state index is -0.916. The SMILES string of the molecule is CCCCOCCCn1c(C)nc2cccc(C(=O)O)c21. The van der Waals surface area contributed by atoms with Gasteiger partial charge < -0.3 is 14.4 Å². The number of carbonyl (C=O) groups is 1. The maximum absolute atomic E-state index is 11.4. The van der Waals surface area contributed by atoms with Crippen molar-refractivity contribution >= 4 is 17.0 Å². The molecule has 0 aliphatic heterocycles. The van der Waals surface area contributed by atoms with E-state index in [4.69, 9.17) is 4.74 Å². The van der Waals surface area contributed by atoms with Crippen molar-refractivity contribution in [3.05, 3.63) is 29.6 Å². The van der Waals surface area contributed by atoms with Gasteiger partial charge in [-0.25, -0.2) is 9.78 Å².